The molecule has 0 unspecified atom stereocenters. The van der Waals surface area contributed by atoms with Crippen molar-refractivity contribution in [3.05, 3.63) is 48.5 Å². The van der Waals surface area contributed by atoms with Gasteiger partial charge in [0.25, 0.3) is 0 Å². The molecule has 1 N–H and O–H groups in total. The Morgan fingerprint density at radius 1 is 0.963 bits per heavy atom. The van der Waals surface area contributed by atoms with Gasteiger partial charge in [0, 0.05) is 24.8 Å². The maximum atomic E-state index is 8.87. The number of hydrogen-bond donors (Lipinski definition) is 1. The van der Waals surface area contributed by atoms with Crippen LogP contribution in [0.5, 0.6) is 17.2 Å². The second-order valence-electron chi connectivity index (χ2n) is 7.28. The molecule has 0 aromatic heterocycles. The molecule has 1 heterocycles. The first kappa shape index (κ1) is 18.1. The number of anilines is 1. The normalized spacial score (nSPS) is 19.3. The second-order valence-corrected chi connectivity index (χ2v) is 7.28. The summed E-state index contributed by atoms with van der Waals surface area (Å²) in [6.45, 7) is 3.12. The summed E-state index contributed by atoms with van der Waals surface area (Å²) in [5.41, 5.74) is 1.17. The van der Waals surface area contributed by atoms with E-state index in [1.807, 2.05) is 36.4 Å². The van der Waals surface area contributed by atoms with E-state index in [1.165, 1.54) is 18.5 Å². The van der Waals surface area contributed by atoms with E-state index in [0.717, 1.165) is 49.3 Å². The Labute approximate surface area is 160 Å². The summed E-state index contributed by atoms with van der Waals surface area (Å²) < 4.78 is 17.4. The quantitative estimate of drug-likeness (QED) is 0.727. The second kappa shape index (κ2) is 8.63. The van der Waals surface area contributed by atoms with Gasteiger partial charge in [-0.15, -0.1) is 0 Å². The van der Waals surface area contributed by atoms with Crippen molar-refractivity contribution in [1.82, 2.24) is 0 Å². The third kappa shape index (κ3) is 5.15. The first-order valence-corrected chi connectivity index (χ1v) is 9.78. The summed E-state index contributed by atoms with van der Waals surface area (Å²) in [4.78, 5) is 2.30. The molecule has 1 aliphatic heterocycles. The Hall–Kier alpha value is -2.24. The Morgan fingerprint density at radius 2 is 1.78 bits per heavy atom. The van der Waals surface area contributed by atoms with Crippen molar-refractivity contribution < 1.29 is 19.3 Å². The van der Waals surface area contributed by atoms with Gasteiger partial charge in [-0.05, 0) is 61.6 Å². The maximum Gasteiger partial charge on any atom is 0.131 e. The van der Waals surface area contributed by atoms with Crippen LogP contribution in [0, 0.1) is 5.92 Å². The van der Waals surface area contributed by atoms with E-state index in [2.05, 4.69) is 17.0 Å². The van der Waals surface area contributed by atoms with E-state index in [1.54, 1.807) is 0 Å². The van der Waals surface area contributed by atoms with Crippen LogP contribution in [0.15, 0.2) is 48.5 Å². The van der Waals surface area contributed by atoms with E-state index in [4.69, 9.17) is 19.3 Å². The largest absolute Gasteiger partial charge is 0.493 e. The molecule has 2 aromatic carbocycles. The molecular weight excluding hydrogens is 342 g/mol. The van der Waals surface area contributed by atoms with Crippen molar-refractivity contribution in [2.24, 2.45) is 5.92 Å². The molecule has 0 amide bonds. The number of ether oxygens (including phenoxy) is 3. The van der Waals surface area contributed by atoms with Crippen LogP contribution in [-0.2, 0) is 4.74 Å². The fraction of sp³-hybridized carbons (Fsp3) is 0.455. The lowest BCUT2D eigenvalue weighted by atomic mass is 10.2. The average Bonchev–Trinajstić information content (AvgIpc) is 3.41. The van der Waals surface area contributed by atoms with Gasteiger partial charge >= 0.3 is 0 Å². The van der Waals surface area contributed by atoms with Crippen LogP contribution in [-0.4, -0.2) is 44.1 Å². The van der Waals surface area contributed by atoms with Crippen LogP contribution < -0.4 is 14.4 Å². The molecule has 0 bridgehead atoms. The van der Waals surface area contributed by atoms with Crippen molar-refractivity contribution in [3.8, 4) is 17.2 Å². The molecule has 2 fully saturated rings. The number of hydrogen-bond acceptors (Lipinski definition) is 5. The lowest BCUT2D eigenvalue weighted by Crippen LogP contribution is -2.23. The zero-order chi connectivity index (χ0) is 18.5. The minimum absolute atomic E-state index is 0.0787. The Balaban J connectivity index is 1.32. The zero-order valence-electron chi connectivity index (χ0n) is 15.5. The van der Waals surface area contributed by atoms with Crippen LogP contribution in [0.1, 0.15) is 19.3 Å². The molecule has 4 rings (SSSR count). The van der Waals surface area contributed by atoms with Crippen LogP contribution >= 0.6 is 0 Å². The van der Waals surface area contributed by atoms with Crippen molar-refractivity contribution in [2.45, 2.75) is 25.4 Å². The third-order valence-electron chi connectivity index (χ3n) is 5.02. The summed E-state index contributed by atoms with van der Waals surface area (Å²) in [6.07, 6.45) is 3.76. The highest BCUT2D eigenvalue weighted by Crippen LogP contribution is 2.31. The van der Waals surface area contributed by atoms with E-state index >= 15 is 0 Å². The van der Waals surface area contributed by atoms with E-state index in [-0.39, 0.29) is 12.7 Å². The summed E-state index contributed by atoms with van der Waals surface area (Å²) in [5, 5.41) is 8.87. The fourth-order valence-corrected chi connectivity index (χ4v) is 3.31. The third-order valence-corrected chi connectivity index (χ3v) is 5.02. The molecule has 2 aromatic rings. The number of benzene rings is 2. The molecule has 1 saturated heterocycles. The topological polar surface area (TPSA) is 51.2 Å². The summed E-state index contributed by atoms with van der Waals surface area (Å²) >= 11 is 0. The van der Waals surface area contributed by atoms with E-state index < -0.39 is 0 Å². The van der Waals surface area contributed by atoms with Crippen molar-refractivity contribution >= 4 is 5.69 Å². The zero-order valence-corrected chi connectivity index (χ0v) is 15.5. The van der Waals surface area contributed by atoms with Crippen molar-refractivity contribution in [3.63, 3.8) is 0 Å². The molecule has 5 heteroatoms. The molecule has 1 atom stereocenters. The molecule has 0 radical (unpaired) electrons. The highest BCUT2D eigenvalue weighted by molar-refractivity contribution is 5.50. The molecular formula is C22H27NO4. The first-order chi connectivity index (χ1) is 13.3. The van der Waals surface area contributed by atoms with Crippen LogP contribution in [0.4, 0.5) is 5.69 Å². The van der Waals surface area contributed by atoms with E-state index in [0.29, 0.717) is 6.61 Å². The molecule has 1 aliphatic carbocycles. The summed E-state index contributed by atoms with van der Waals surface area (Å²) in [7, 11) is 0. The van der Waals surface area contributed by atoms with E-state index in [9.17, 15) is 0 Å². The summed E-state index contributed by atoms with van der Waals surface area (Å²) in [6, 6.07) is 16.0. The van der Waals surface area contributed by atoms with Crippen molar-refractivity contribution in [1.29, 1.82) is 0 Å². The number of nitrogens with zero attached hydrogens (tertiary/aromatic N) is 1. The fourth-order valence-electron chi connectivity index (χ4n) is 3.31. The van der Waals surface area contributed by atoms with Gasteiger partial charge in [0.2, 0.25) is 0 Å². The number of aliphatic hydroxyl groups is 1. The standard InChI is InChI=1S/C22H27NO4/c24-12-13-25-22-10-11-23(15-22)18-6-8-19(9-7-18)27-21-3-1-2-20(14-21)26-16-17-4-5-17/h1-3,6-9,14,17,22,24H,4-5,10-13,15-16H2/t22-/m1/s1. The van der Waals surface area contributed by atoms with Gasteiger partial charge in [-0.25, -0.2) is 0 Å². The van der Waals surface area contributed by atoms with Crippen LogP contribution in [0.3, 0.4) is 0 Å². The highest BCUT2D eigenvalue weighted by atomic mass is 16.5. The van der Waals surface area contributed by atoms with Gasteiger partial charge < -0.3 is 24.2 Å². The average molecular weight is 369 g/mol. The SMILES string of the molecule is OCCO[C@@H]1CCN(c2ccc(Oc3cccc(OCC4CC4)c3)cc2)C1. The lowest BCUT2D eigenvalue weighted by molar-refractivity contribution is 0.0411. The monoisotopic (exact) mass is 369 g/mol. The molecule has 2 aliphatic rings. The van der Waals surface area contributed by atoms with Gasteiger partial charge in [-0.3, -0.25) is 0 Å². The molecule has 5 nitrogen and oxygen atoms in total. The Bertz CT molecular complexity index is 729. The summed E-state index contributed by atoms with van der Waals surface area (Å²) in [5.74, 6) is 3.20. The van der Waals surface area contributed by atoms with Gasteiger partial charge in [0.1, 0.15) is 17.2 Å². The molecule has 27 heavy (non-hydrogen) atoms. The molecule has 144 valence electrons. The van der Waals surface area contributed by atoms with Crippen molar-refractivity contribution in [2.75, 3.05) is 37.8 Å². The smallest absolute Gasteiger partial charge is 0.131 e. The van der Waals surface area contributed by atoms with Gasteiger partial charge in [-0.1, -0.05) is 6.07 Å². The molecule has 1 saturated carbocycles. The lowest BCUT2D eigenvalue weighted by Gasteiger charge is -2.19. The van der Waals surface area contributed by atoms with Gasteiger partial charge in [0.15, 0.2) is 0 Å². The van der Waals surface area contributed by atoms with Gasteiger partial charge in [0.05, 0.1) is 25.9 Å². The van der Waals surface area contributed by atoms with Gasteiger partial charge in [-0.2, -0.15) is 0 Å². The minimum Gasteiger partial charge on any atom is -0.493 e. The van der Waals surface area contributed by atoms with Crippen LogP contribution in [0.2, 0.25) is 0 Å². The highest BCUT2D eigenvalue weighted by Gasteiger charge is 2.23. The van der Waals surface area contributed by atoms with Crippen LogP contribution in [0.25, 0.3) is 0 Å². The molecule has 0 spiro atoms. The first-order valence-electron chi connectivity index (χ1n) is 9.78. The Morgan fingerprint density at radius 3 is 2.56 bits per heavy atom. The predicted molar refractivity (Wildman–Crippen MR) is 105 cm³/mol. The number of aliphatic hydroxyl groups excluding tert-OH is 1. The number of rotatable bonds is 9. The maximum absolute atomic E-state index is 8.87. The minimum atomic E-state index is 0.0787. The Kier molecular flexibility index (Phi) is 5.80. The predicted octanol–water partition coefficient (Wildman–Crippen LogP) is 3.86.